The van der Waals surface area contributed by atoms with Gasteiger partial charge >= 0.3 is 5.97 Å². The summed E-state index contributed by atoms with van der Waals surface area (Å²) in [5, 5.41) is 8.76. The van der Waals surface area contributed by atoms with E-state index in [9.17, 15) is 4.79 Å². The van der Waals surface area contributed by atoms with Gasteiger partial charge in [0.2, 0.25) is 0 Å². The van der Waals surface area contributed by atoms with Crippen LogP contribution in [-0.2, 0) is 4.79 Å². The van der Waals surface area contributed by atoms with E-state index in [1.54, 1.807) is 0 Å². The predicted octanol–water partition coefficient (Wildman–Crippen LogP) is 0.945. The molecule has 0 aliphatic heterocycles. The zero-order chi connectivity index (χ0) is 9.46. The molecule has 0 saturated heterocycles. The Balaban J connectivity index is 2.83. The Morgan fingerprint density at radius 3 is 2.45 bits per heavy atom. The summed E-state index contributed by atoms with van der Waals surface area (Å²) in [6.45, 7) is 0. The number of alkyl halides is 2. The molecular weight excluding hydrogens is 278 g/mol. The van der Waals surface area contributed by atoms with Crippen LogP contribution in [0.2, 0.25) is 0 Å². The summed E-state index contributed by atoms with van der Waals surface area (Å²) in [6, 6.07) is -0.311. The van der Waals surface area contributed by atoms with Crippen molar-refractivity contribution in [3.8, 4) is 0 Å². The van der Waals surface area contributed by atoms with Crippen molar-refractivity contribution in [1.82, 2.24) is 0 Å². The van der Waals surface area contributed by atoms with Crippen LogP contribution < -0.4 is 5.73 Å². The molecule has 1 aliphatic rings. The van der Waals surface area contributed by atoms with E-state index in [0.29, 0.717) is 0 Å². The molecule has 1 aliphatic carbocycles. The Kier molecular flexibility index (Phi) is 2.48. The van der Waals surface area contributed by atoms with Gasteiger partial charge in [0, 0.05) is 17.1 Å². The van der Waals surface area contributed by atoms with E-state index < -0.39 is 18.3 Å². The quantitative estimate of drug-likeness (QED) is 0.706. The van der Waals surface area contributed by atoms with Crippen LogP contribution in [0.5, 0.6) is 0 Å². The molecule has 1 unspecified atom stereocenters. The highest BCUT2D eigenvalue weighted by Crippen LogP contribution is 2.35. The minimum absolute atomic E-state index is 0.247. The van der Waals surface area contributed by atoms with Crippen LogP contribution in [0, 0.1) is 5.92 Å². The highest BCUT2D eigenvalue weighted by atomic mass is 79.9. The maximum atomic E-state index is 10.7. The smallest absolute Gasteiger partial charge is 0.307 e. The topological polar surface area (TPSA) is 63.3 Å². The molecular formula is C6H9Br2NO2. The molecule has 0 aromatic rings. The first kappa shape index (κ1) is 8.01. The molecule has 0 bridgehead atoms. The molecule has 0 amide bonds. The van der Waals surface area contributed by atoms with Gasteiger partial charge in [0.25, 0.3) is 0 Å². The Labute approximate surface area is 83.0 Å². The molecule has 3 nitrogen and oxygen atoms in total. The van der Waals surface area contributed by atoms with Crippen molar-refractivity contribution in [2.75, 3.05) is 0 Å². The number of hydrogen-bond acceptors (Lipinski definition) is 2. The summed E-state index contributed by atoms with van der Waals surface area (Å²) < 4.78 is 7.55. The number of halogens is 2. The molecule has 0 aromatic carbocycles. The van der Waals surface area contributed by atoms with Crippen molar-refractivity contribution < 1.29 is 11.3 Å². The fourth-order valence-electron chi connectivity index (χ4n) is 1.07. The van der Waals surface area contributed by atoms with Gasteiger partial charge in [-0.1, -0.05) is 31.9 Å². The SMILES string of the molecule is [3H]C1[C@H](Br)[C@@H](N)[C@H](Br)[C@H]1C(=O)O. The Bertz CT molecular complexity index is 190. The highest BCUT2D eigenvalue weighted by molar-refractivity contribution is 9.10. The number of carboxylic acid groups (broad SMARTS) is 1. The zero-order valence-corrected chi connectivity index (χ0v) is 8.75. The maximum Gasteiger partial charge on any atom is 0.307 e. The number of carboxylic acids is 1. The van der Waals surface area contributed by atoms with Crippen molar-refractivity contribution >= 4 is 37.8 Å². The monoisotopic (exact) mass is 287 g/mol. The van der Waals surface area contributed by atoms with Crippen LogP contribution in [0.15, 0.2) is 0 Å². The van der Waals surface area contributed by atoms with E-state index in [1.165, 1.54) is 0 Å². The number of nitrogens with two attached hydrogens (primary N) is 1. The second-order valence-electron chi connectivity index (χ2n) is 2.52. The number of hydrogen-bond donors (Lipinski definition) is 2. The van der Waals surface area contributed by atoms with Gasteiger partial charge in [-0.25, -0.2) is 0 Å². The summed E-state index contributed by atoms with van der Waals surface area (Å²) in [5.74, 6) is -1.68. The van der Waals surface area contributed by atoms with Crippen molar-refractivity contribution in [2.45, 2.75) is 22.1 Å². The fourth-order valence-corrected chi connectivity index (χ4v) is 2.86. The third-order valence-corrected chi connectivity index (χ3v) is 3.85. The molecule has 1 saturated carbocycles. The van der Waals surface area contributed by atoms with Gasteiger partial charge in [-0.15, -0.1) is 0 Å². The Hall–Kier alpha value is 0.390. The second kappa shape index (κ2) is 3.41. The Morgan fingerprint density at radius 1 is 1.73 bits per heavy atom. The number of rotatable bonds is 1. The third kappa shape index (κ3) is 1.76. The predicted molar refractivity (Wildman–Crippen MR) is 49.1 cm³/mol. The van der Waals surface area contributed by atoms with Gasteiger partial charge in [0.1, 0.15) is 0 Å². The van der Waals surface area contributed by atoms with Crippen LogP contribution in [0.1, 0.15) is 7.77 Å². The lowest BCUT2D eigenvalue weighted by molar-refractivity contribution is -0.141. The average molecular weight is 289 g/mol. The normalized spacial score (nSPS) is 52.3. The van der Waals surface area contributed by atoms with E-state index >= 15 is 0 Å². The first-order valence-electron chi connectivity index (χ1n) is 3.73. The molecule has 11 heavy (non-hydrogen) atoms. The number of aliphatic carboxylic acids is 1. The summed E-state index contributed by atoms with van der Waals surface area (Å²) in [4.78, 5) is 10.1. The molecule has 1 rings (SSSR count). The van der Waals surface area contributed by atoms with E-state index in [1.807, 2.05) is 0 Å². The van der Waals surface area contributed by atoms with Crippen LogP contribution in [0.4, 0.5) is 0 Å². The second-order valence-corrected chi connectivity index (χ2v) is 4.64. The van der Waals surface area contributed by atoms with Gasteiger partial charge in [-0.3, -0.25) is 4.79 Å². The van der Waals surface area contributed by atoms with Crippen molar-refractivity contribution in [3.05, 3.63) is 0 Å². The van der Waals surface area contributed by atoms with E-state index in [4.69, 9.17) is 12.2 Å². The Morgan fingerprint density at radius 2 is 2.27 bits per heavy atom. The van der Waals surface area contributed by atoms with Crippen LogP contribution in [-0.4, -0.2) is 26.8 Å². The molecule has 0 aromatic heterocycles. The summed E-state index contributed by atoms with van der Waals surface area (Å²) >= 11 is 6.41. The zero-order valence-electron chi connectivity index (χ0n) is 6.58. The van der Waals surface area contributed by atoms with Crippen molar-refractivity contribution in [2.24, 2.45) is 11.7 Å². The van der Waals surface area contributed by atoms with Gasteiger partial charge in [-0.2, -0.15) is 0 Å². The van der Waals surface area contributed by atoms with Gasteiger partial charge in [-0.05, 0) is 6.40 Å². The van der Waals surface area contributed by atoms with E-state index in [2.05, 4.69) is 31.9 Å². The lowest BCUT2D eigenvalue weighted by Crippen LogP contribution is -2.34. The first-order chi connectivity index (χ1) is 5.46. The van der Waals surface area contributed by atoms with Crippen LogP contribution in [0.25, 0.3) is 0 Å². The third-order valence-electron chi connectivity index (χ3n) is 1.75. The lowest BCUT2D eigenvalue weighted by atomic mass is 10.1. The van der Waals surface area contributed by atoms with E-state index in [0.717, 1.165) is 0 Å². The molecule has 64 valence electrons. The van der Waals surface area contributed by atoms with Crippen LogP contribution >= 0.6 is 31.9 Å². The van der Waals surface area contributed by atoms with Gasteiger partial charge in [0.05, 0.1) is 5.92 Å². The summed E-state index contributed by atoms with van der Waals surface area (Å²) in [6.07, 6.45) is -0.679. The van der Waals surface area contributed by atoms with Gasteiger partial charge in [0.15, 0.2) is 0 Å². The highest BCUT2D eigenvalue weighted by Gasteiger charge is 2.42. The molecule has 5 heteroatoms. The minimum Gasteiger partial charge on any atom is -0.481 e. The molecule has 0 spiro atoms. The maximum absolute atomic E-state index is 10.7. The molecule has 3 N–H and O–H groups in total. The minimum atomic E-state index is -0.964. The largest absolute Gasteiger partial charge is 0.481 e. The average Bonchev–Trinajstić information content (AvgIpc) is 2.16. The van der Waals surface area contributed by atoms with E-state index in [-0.39, 0.29) is 15.7 Å². The van der Waals surface area contributed by atoms with Crippen LogP contribution in [0.3, 0.4) is 0 Å². The summed E-state index contributed by atoms with van der Waals surface area (Å²) in [5.41, 5.74) is 5.66. The molecule has 1 fully saturated rings. The van der Waals surface area contributed by atoms with Crippen molar-refractivity contribution in [1.29, 1.82) is 0 Å². The lowest BCUT2D eigenvalue weighted by Gasteiger charge is -2.12. The molecule has 5 atom stereocenters. The van der Waals surface area contributed by atoms with Crippen molar-refractivity contribution in [3.63, 3.8) is 0 Å². The molecule has 0 heterocycles. The van der Waals surface area contributed by atoms with Gasteiger partial charge < -0.3 is 10.8 Å². The summed E-state index contributed by atoms with van der Waals surface area (Å²) in [7, 11) is 0. The molecule has 0 radical (unpaired) electrons. The fraction of sp³-hybridized carbons (Fsp3) is 0.833. The first-order valence-corrected chi connectivity index (χ1v) is 4.98. The standard InChI is InChI=1S/C6H9Br2NO2/c7-3-1-2(6(10)11)4(8)5(3)9/h2-5H,1,9H2,(H,10,11)/t2-,3-,4+,5+/m0/s1/i1T/t1?,2-,3-,4+,5+. The number of carbonyl (C=O) groups is 1.